The minimum absolute atomic E-state index is 0.149. The van der Waals surface area contributed by atoms with E-state index in [1.165, 1.54) is 23.1 Å². The lowest BCUT2D eigenvalue weighted by molar-refractivity contribution is -0.110. The zero-order valence-electron chi connectivity index (χ0n) is 84.2. The number of aromatic nitrogens is 5. The Hall–Kier alpha value is -6.01. The Bertz CT molecular complexity index is 3640. The lowest BCUT2D eigenvalue weighted by Crippen LogP contribution is -2.62. The van der Waals surface area contributed by atoms with E-state index in [0.717, 1.165) is 144 Å². The van der Waals surface area contributed by atoms with Crippen molar-refractivity contribution in [3.8, 4) is 17.4 Å². The minimum Gasteiger partial charge on any atom is -0.491 e. The molecular weight excluding hydrogens is 1520 g/mol. The van der Waals surface area contributed by atoms with E-state index in [1.807, 2.05) is 42.9 Å². The van der Waals surface area contributed by atoms with Gasteiger partial charge in [0.2, 0.25) is 5.88 Å². The van der Waals surface area contributed by atoms with Crippen LogP contribution in [-0.2, 0) is 30.5 Å². The van der Waals surface area contributed by atoms with E-state index >= 15 is 0 Å². The largest absolute Gasteiger partial charge is 0.491 e. The summed E-state index contributed by atoms with van der Waals surface area (Å²) in [4.78, 5) is 31.4. The highest BCUT2D eigenvalue weighted by atomic mass is 16.5. The van der Waals surface area contributed by atoms with Crippen molar-refractivity contribution in [1.29, 1.82) is 0 Å². The third-order valence-corrected chi connectivity index (χ3v) is 19.4. The van der Waals surface area contributed by atoms with Crippen molar-refractivity contribution in [2.75, 3.05) is 118 Å². The molecule has 5 aromatic rings. The fourth-order valence-electron chi connectivity index (χ4n) is 13.0. The van der Waals surface area contributed by atoms with Crippen molar-refractivity contribution in [2.45, 2.75) is 368 Å². The Morgan fingerprint density at radius 1 is 0.377 bits per heavy atom. The van der Waals surface area contributed by atoms with Crippen molar-refractivity contribution < 1.29 is 28.4 Å². The van der Waals surface area contributed by atoms with Crippen LogP contribution in [0.4, 0.5) is 23.3 Å². The molecule has 1 unspecified atom stereocenters. The van der Waals surface area contributed by atoms with E-state index in [4.69, 9.17) is 39.9 Å². The summed E-state index contributed by atoms with van der Waals surface area (Å²) in [7, 11) is 0. The molecule has 21 heteroatoms. The number of nitrogens with one attached hydrogen (secondary N) is 4. The van der Waals surface area contributed by atoms with Crippen LogP contribution in [0.5, 0.6) is 17.4 Å². The maximum atomic E-state index is 5.89. The van der Waals surface area contributed by atoms with Gasteiger partial charge in [0.1, 0.15) is 40.9 Å². The van der Waals surface area contributed by atoms with Gasteiger partial charge in [-0.25, -0.2) is 24.9 Å². The van der Waals surface area contributed by atoms with E-state index < -0.39 is 0 Å². The monoisotopic (exact) mass is 1700 g/mol. The van der Waals surface area contributed by atoms with Gasteiger partial charge in [-0.15, -0.1) is 0 Å². The van der Waals surface area contributed by atoms with E-state index in [-0.39, 0.29) is 60.7 Å². The van der Waals surface area contributed by atoms with E-state index in [2.05, 4.69) is 351 Å². The summed E-state index contributed by atoms with van der Waals surface area (Å²) in [5.41, 5.74) is 17.3. The number of hydrogen-bond donors (Lipinski definition) is 6. The molecule has 0 spiro atoms. The molecule has 0 bridgehead atoms. The van der Waals surface area contributed by atoms with Crippen LogP contribution < -0.4 is 66.5 Å². The molecule has 6 fully saturated rings. The number of nitrogens with two attached hydrogens (primary N) is 2. The van der Waals surface area contributed by atoms with Crippen molar-refractivity contribution >= 4 is 23.3 Å². The van der Waals surface area contributed by atoms with Gasteiger partial charge in [0.25, 0.3) is 0 Å². The van der Waals surface area contributed by atoms with Gasteiger partial charge in [-0.2, -0.15) is 0 Å². The summed E-state index contributed by atoms with van der Waals surface area (Å²) in [6, 6.07) is 23.1. The van der Waals surface area contributed by atoms with Gasteiger partial charge >= 0.3 is 0 Å². The van der Waals surface area contributed by atoms with E-state index in [1.54, 1.807) is 12.4 Å². The minimum atomic E-state index is 0.149. The average Bonchev–Trinajstić information content (AvgIpc) is 0.947. The molecule has 4 saturated heterocycles. The normalized spacial score (nSPS) is 19.2. The number of ether oxygens (including phenoxy) is 6. The van der Waals surface area contributed by atoms with Gasteiger partial charge in [0, 0.05) is 136 Å². The van der Waals surface area contributed by atoms with Crippen molar-refractivity contribution in [3.05, 3.63) is 108 Å². The summed E-state index contributed by atoms with van der Waals surface area (Å²) >= 11 is 0. The second-order valence-corrected chi connectivity index (χ2v) is 47.0. The lowest BCUT2D eigenvalue weighted by Gasteiger charge is -2.44. The van der Waals surface area contributed by atoms with E-state index in [9.17, 15) is 0 Å². The Balaban J connectivity index is 0.000000302. The standard InChI is InChI=1S/C18H30N2O2.C17H29N3.C17H35NO3.C16H27N3.C13H21N3O.C12H19N3.2C4H10/c1-17(2,3)12-21-14-7-8-16(19-11-14)22-15-9-13(10-15)20-18(4,5)6;1-16(2,3)13-7-9-18-15(11-13)20-10-8-14(12-20)19-17(4,5)6;1-16(2,3)13-19-9-10-21-15-11-14(12-15)20-8-7-18-17(4,5)6;1-15(2,3)12-7-8-17-14(9-12)19-10-13(11-19)18-16(4,5)6;1-13(2,3)9-17-11-4-5-12(15-6-11)16-7-10(14)8-16;1-12(2,3)9-4-5-11(14-6-9)15-7-10(13)8-15;2*1-4(2)3/h7-8,11,13,15,20H,9-10,12H2,1-6H3;7,9,11,14,19H,8,10,12H2,1-6H3;14-15,18H,7-13H2,1-6H3;7-9,13,18H,10-11H2,1-6H3;4-6,10H,7-9,14H2,1-3H3;4-6,10H,7-8,13H2,1-3H3;2*4H,1-3H3. The zero-order chi connectivity index (χ0) is 92.2. The fraction of sp³-hybridized carbons (Fsp3) is 0.752. The fourth-order valence-corrected chi connectivity index (χ4v) is 13.0. The first-order valence-electron chi connectivity index (χ1n) is 46.1. The SMILES string of the molecule is CC(C)(C)COCCOC1CC(OCCNC(C)(C)C)C1.CC(C)(C)COc1ccc(N2CC(N)C2)nc1.CC(C)(C)COc1ccc(OC2CC(NC(C)(C)C)C2)nc1.CC(C)(C)NC1CCN(c2cc(C(C)(C)C)ccn2)C1.CC(C)(C)NC1CN(c2cc(C(C)(C)C)ccn2)C1.CC(C)(C)c1ccc(N2CC(N)C2)nc1.CC(C)C.CC(C)C. The molecule has 4 aliphatic heterocycles. The summed E-state index contributed by atoms with van der Waals surface area (Å²) in [5.74, 6) is 8.23. The Labute approximate surface area is 745 Å². The molecule has 2 aliphatic carbocycles. The van der Waals surface area contributed by atoms with Crippen LogP contribution >= 0.6 is 0 Å². The summed E-state index contributed by atoms with van der Waals surface area (Å²) in [6.45, 7) is 92.1. The molecule has 11 rings (SSSR count). The molecule has 122 heavy (non-hydrogen) atoms. The molecule has 696 valence electrons. The number of nitrogens with zero attached hydrogens (tertiary/aromatic N) is 9. The summed E-state index contributed by atoms with van der Waals surface area (Å²) < 4.78 is 34.4. The van der Waals surface area contributed by atoms with Crippen LogP contribution in [0.15, 0.2) is 91.6 Å². The van der Waals surface area contributed by atoms with Gasteiger partial charge in [0.15, 0.2) is 0 Å². The maximum Gasteiger partial charge on any atom is 0.213 e. The van der Waals surface area contributed by atoms with Crippen LogP contribution in [-0.4, -0.2) is 194 Å². The molecule has 2 saturated carbocycles. The first-order valence-corrected chi connectivity index (χ1v) is 46.1. The molecule has 5 aromatic heterocycles. The average molecular weight is 1700 g/mol. The second-order valence-electron chi connectivity index (χ2n) is 47.0. The zero-order valence-corrected chi connectivity index (χ0v) is 84.2. The lowest BCUT2D eigenvalue weighted by atomic mass is 9.87. The van der Waals surface area contributed by atoms with Crippen LogP contribution in [0.1, 0.15) is 298 Å². The predicted molar refractivity (Wildman–Crippen MR) is 518 cm³/mol. The quantitative estimate of drug-likeness (QED) is 0.0354. The van der Waals surface area contributed by atoms with Gasteiger partial charge in [-0.05, 0) is 225 Å². The third-order valence-electron chi connectivity index (χ3n) is 19.4. The molecule has 8 N–H and O–H groups in total. The predicted octanol–water partition coefficient (Wildman–Crippen LogP) is 19.6. The second kappa shape index (κ2) is 48.2. The highest BCUT2D eigenvalue weighted by Crippen LogP contribution is 2.33. The highest BCUT2D eigenvalue weighted by Gasteiger charge is 2.36. The summed E-state index contributed by atoms with van der Waals surface area (Å²) in [5, 5.41) is 14.3. The van der Waals surface area contributed by atoms with Gasteiger partial charge in [-0.1, -0.05) is 172 Å². The topological polar surface area (TPSA) is 233 Å². The smallest absolute Gasteiger partial charge is 0.213 e. The third kappa shape index (κ3) is 47.5. The number of hydrogen-bond acceptors (Lipinski definition) is 21. The number of pyridine rings is 5. The highest BCUT2D eigenvalue weighted by molar-refractivity contribution is 5.48. The Kier molecular flexibility index (Phi) is 42.8. The van der Waals surface area contributed by atoms with Crippen LogP contribution in [0.3, 0.4) is 0 Å². The molecular formula is C101H181N15O6. The van der Waals surface area contributed by atoms with Crippen molar-refractivity contribution in [1.82, 2.24) is 46.2 Å². The molecule has 9 heterocycles. The Morgan fingerprint density at radius 3 is 1.16 bits per heavy atom. The maximum absolute atomic E-state index is 5.89. The van der Waals surface area contributed by atoms with Crippen molar-refractivity contribution in [2.24, 2.45) is 39.5 Å². The number of anilines is 4. The van der Waals surface area contributed by atoms with Crippen LogP contribution in [0, 0.1) is 28.1 Å². The van der Waals surface area contributed by atoms with E-state index in [0.29, 0.717) is 74.7 Å². The first-order chi connectivity index (χ1) is 55.9. The van der Waals surface area contributed by atoms with Gasteiger partial charge < -0.3 is 80.8 Å². The van der Waals surface area contributed by atoms with Gasteiger partial charge in [-0.3, -0.25) is 0 Å². The number of rotatable bonds is 22. The van der Waals surface area contributed by atoms with Crippen molar-refractivity contribution in [3.63, 3.8) is 0 Å². The molecule has 21 nitrogen and oxygen atoms in total. The molecule has 0 radical (unpaired) electrons. The Morgan fingerprint density at radius 2 is 0.770 bits per heavy atom. The molecule has 1 atom stereocenters. The summed E-state index contributed by atoms with van der Waals surface area (Å²) in [6.07, 6.45) is 15.7. The van der Waals surface area contributed by atoms with Crippen LogP contribution in [0.25, 0.3) is 0 Å². The van der Waals surface area contributed by atoms with Crippen LogP contribution in [0.2, 0.25) is 0 Å². The first kappa shape index (κ1) is 108. The molecule has 0 aromatic carbocycles. The molecule has 0 amide bonds. The van der Waals surface area contributed by atoms with Gasteiger partial charge in [0.05, 0.1) is 64.2 Å². The molecule has 6 aliphatic rings.